The van der Waals surface area contributed by atoms with E-state index in [0.29, 0.717) is 11.3 Å². The van der Waals surface area contributed by atoms with Crippen molar-refractivity contribution in [1.29, 1.82) is 0 Å². The number of nitrogens with zero attached hydrogens (tertiary/aromatic N) is 1. The molecule has 4 nitrogen and oxygen atoms in total. The third-order valence-corrected chi connectivity index (χ3v) is 3.26. The van der Waals surface area contributed by atoms with Crippen LogP contribution < -0.4 is 10.2 Å². The molecule has 1 amide bonds. The van der Waals surface area contributed by atoms with Crippen molar-refractivity contribution in [3.05, 3.63) is 63.9 Å². The van der Waals surface area contributed by atoms with Gasteiger partial charge in [0.1, 0.15) is 11.6 Å². The minimum absolute atomic E-state index is 0.136. The van der Waals surface area contributed by atoms with Gasteiger partial charge in [0.05, 0.1) is 6.21 Å². The zero-order valence-electron chi connectivity index (χ0n) is 11.8. The van der Waals surface area contributed by atoms with Gasteiger partial charge in [-0.1, -0.05) is 28.1 Å². The second kappa shape index (κ2) is 7.70. The fourth-order valence-corrected chi connectivity index (χ4v) is 2.15. The normalized spacial score (nSPS) is 10.7. The number of carbonyl (C=O) groups excluding carboxylic acids is 1. The molecule has 0 radical (unpaired) electrons. The Bertz CT molecular complexity index is 687. The summed E-state index contributed by atoms with van der Waals surface area (Å²) in [4.78, 5) is 11.6. The standard InChI is InChI=1S/C16H14BrFN2O2/c1-11-8-13(17)4-7-15(11)22-10-16(21)20-19-9-12-2-5-14(18)6-3-12/h2-9H,10H2,1H3,(H,20,21). The Hall–Kier alpha value is -2.21. The molecule has 2 aromatic rings. The molecule has 0 aliphatic carbocycles. The van der Waals surface area contributed by atoms with Crippen LogP contribution in [0.3, 0.4) is 0 Å². The second-order valence-corrected chi connectivity index (χ2v) is 5.46. The molecule has 1 N–H and O–H groups in total. The van der Waals surface area contributed by atoms with Gasteiger partial charge in [0, 0.05) is 4.47 Å². The van der Waals surface area contributed by atoms with Gasteiger partial charge in [0.2, 0.25) is 0 Å². The topological polar surface area (TPSA) is 50.7 Å². The highest BCUT2D eigenvalue weighted by Crippen LogP contribution is 2.21. The maximum atomic E-state index is 12.7. The number of nitrogens with one attached hydrogen (secondary N) is 1. The van der Waals surface area contributed by atoms with Crippen molar-refractivity contribution in [2.75, 3.05) is 6.61 Å². The lowest BCUT2D eigenvalue weighted by Crippen LogP contribution is -2.24. The van der Waals surface area contributed by atoms with Crippen LogP contribution in [0.1, 0.15) is 11.1 Å². The Morgan fingerprint density at radius 3 is 2.73 bits per heavy atom. The Kier molecular flexibility index (Phi) is 5.66. The van der Waals surface area contributed by atoms with Crippen LogP contribution in [-0.2, 0) is 4.79 Å². The monoisotopic (exact) mass is 364 g/mol. The zero-order chi connectivity index (χ0) is 15.9. The number of benzene rings is 2. The first-order valence-corrected chi connectivity index (χ1v) is 7.30. The Balaban J connectivity index is 1.81. The van der Waals surface area contributed by atoms with Crippen LogP contribution in [-0.4, -0.2) is 18.7 Å². The summed E-state index contributed by atoms with van der Waals surface area (Å²) in [5.41, 5.74) is 3.96. The number of hydrogen-bond donors (Lipinski definition) is 1. The van der Waals surface area contributed by atoms with Gasteiger partial charge < -0.3 is 4.74 Å². The lowest BCUT2D eigenvalue weighted by Gasteiger charge is -2.08. The summed E-state index contributed by atoms with van der Waals surface area (Å²) in [6.07, 6.45) is 1.43. The Labute approximate surface area is 136 Å². The smallest absolute Gasteiger partial charge is 0.277 e. The number of aryl methyl sites for hydroxylation is 1. The van der Waals surface area contributed by atoms with E-state index in [1.807, 2.05) is 19.1 Å². The molecule has 0 aromatic heterocycles. The molecule has 114 valence electrons. The Morgan fingerprint density at radius 2 is 2.05 bits per heavy atom. The maximum absolute atomic E-state index is 12.7. The third kappa shape index (κ3) is 4.96. The van der Waals surface area contributed by atoms with E-state index in [1.165, 1.54) is 18.3 Å². The lowest BCUT2D eigenvalue weighted by atomic mass is 10.2. The minimum atomic E-state index is -0.374. The molecule has 6 heteroatoms. The van der Waals surface area contributed by atoms with E-state index in [1.54, 1.807) is 18.2 Å². The third-order valence-electron chi connectivity index (χ3n) is 2.77. The van der Waals surface area contributed by atoms with E-state index in [4.69, 9.17) is 4.74 Å². The Morgan fingerprint density at radius 1 is 1.32 bits per heavy atom. The van der Waals surface area contributed by atoms with E-state index in [-0.39, 0.29) is 18.3 Å². The van der Waals surface area contributed by atoms with Crippen LogP contribution >= 0.6 is 15.9 Å². The number of ether oxygens (including phenoxy) is 1. The molecule has 0 unspecified atom stereocenters. The number of hydrogen-bond acceptors (Lipinski definition) is 3. The van der Waals surface area contributed by atoms with Crippen molar-refractivity contribution in [3.8, 4) is 5.75 Å². The van der Waals surface area contributed by atoms with Gasteiger partial charge >= 0.3 is 0 Å². The largest absolute Gasteiger partial charge is 0.483 e. The molecule has 0 fully saturated rings. The number of carbonyl (C=O) groups is 1. The lowest BCUT2D eigenvalue weighted by molar-refractivity contribution is -0.123. The average Bonchev–Trinajstić information content (AvgIpc) is 2.48. The highest BCUT2D eigenvalue weighted by molar-refractivity contribution is 9.10. The van der Waals surface area contributed by atoms with E-state index in [2.05, 4.69) is 26.5 Å². The number of hydrazone groups is 1. The summed E-state index contributed by atoms with van der Waals surface area (Å²) in [6, 6.07) is 11.3. The van der Waals surface area contributed by atoms with Gasteiger partial charge in [0.25, 0.3) is 5.91 Å². The minimum Gasteiger partial charge on any atom is -0.483 e. The number of halogens is 2. The van der Waals surface area contributed by atoms with Crippen LogP contribution in [0.4, 0.5) is 4.39 Å². The van der Waals surface area contributed by atoms with Crippen LogP contribution in [0, 0.1) is 12.7 Å². The molecule has 22 heavy (non-hydrogen) atoms. The van der Waals surface area contributed by atoms with E-state index in [9.17, 15) is 9.18 Å². The van der Waals surface area contributed by atoms with Crippen LogP contribution in [0.2, 0.25) is 0 Å². The summed E-state index contributed by atoms with van der Waals surface area (Å²) in [5.74, 6) is -0.0546. The highest BCUT2D eigenvalue weighted by Gasteiger charge is 2.04. The van der Waals surface area contributed by atoms with Crippen molar-refractivity contribution in [1.82, 2.24) is 5.43 Å². The van der Waals surface area contributed by atoms with Gasteiger partial charge in [-0.3, -0.25) is 4.79 Å². The van der Waals surface area contributed by atoms with Gasteiger partial charge in [-0.05, 0) is 48.4 Å². The first-order valence-electron chi connectivity index (χ1n) is 6.51. The molecule has 0 aliphatic heterocycles. The van der Waals surface area contributed by atoms with Crippen molar-refractivity contribution >= 4 is 28.1 Å². The molecule has 0 saturated carbocycles. The van der Waals surface area contributed by atoms with Gasteiger partial charge in [-0.25, -0.2) is 9.82 Å². The van der Waals surface area contributed by atoms with Crippen LogP contribution in [0.15, 0.2) is 52.0 Å². The fraction of sp³-hybridized carbons (Fsp3) is 0.125. The van der Waals surface area contributed by atoms with E-state index >= 15 is 0 Å². The van der Waals surface area contributed by atoms with Crippen LogP contribution in [0.5, 0.6) is 5.75 Å². The van der Waals surface area contributed by atoms with Gasteiger partial charge in [-0.15, -0.1) is 0 Å². The maximum Gasteiger partial charge on any atom is 0.277 e. The molecule has 0 spiro atoms. The SMILES string of the molecule is Cc1cc(Br)ccc1OCC(=O)NN=Cc1ccc(F)cc1. The molecule has 2 rings (SSSR count). The summed E-state index contributed by atoms with van der Waals surface area (Å²) in [5, 5.41) is 3.79. The molecule has 0 saturated heterocycles. The molecule has 0 aliphatic rings. The molecule has 0 bridgehead atoms. The van der Waals surface area contributed by atoms with Gasteiger partial charge in [-0.2, -0.15) is 5.10 Å². The van der Waals surface area contributed by atoms with Crippen molar-refractivity contribution in [2.45, 2.75) is 6.92 Å². The number of rotatable bonds is 5. The summed E-state index contributed by atoms with van der Waals surface area (Å²) in [7, 11) is 0. The van der Waals surface area contributed by atoms with Crippen molar-refractivity contribution in [2.24, 2.45) is 5.10 Å². The zero-order valence-corrected chi connectivity index (χ0v) is 13.4. The first kappa shape index (κ1) is 16.2. The summed E-state index contributed by atoms with van der Waals surface area (Å²) < 4.78 is 19.1. The number of amides is 1. The van der Waals surface area contributed by atoms with Crippen molar-refractivity contribution < 1.29 is 13.9 Å². The predicted octanol–water partition coefficient (Wildman–Crippen LogP) is 3.43. The molecular formula is C16H14BrFN2O2. The second-order valence-electron chi connectivity index (χ2n) is 4.54. The fourth-order valence-electron chi connectivity index (χ4n) is 1.68. The predicted molar refractivity (Wildman–Crippen MR) is 86.5 cm³/mol. The van der Waals surface area contributed by atoms with E-state index < -0.39 is 0 Å². The highest BCUT2D eigenvalue weighted by atomic mass is 79.9. The summed E-state index contributed by atoms with van der Waals surface area (Å²) >= 11 is 3.36. The summed E-state index contributed by atoms with van der Waals surface area (Å²) in [6.45, 7) is 1.76. The van der Waals surface area contributed by atoms with Gasteiger partial charge in [0.15, 0.2) is 6.61 Å². The molecule has 0 atom stereocenters. The van der Waals surface area contributed by atoms with Crippen molar-refractivity contribution in [3.63, 3.8) is 0 Å². The quantitative estimate of drug-likeness (QED) is 0.652. The van der Waals surface area contributed by atoms with E-state index in [0.717, 1.165) is 10.0 Å². The first-order chi connectivity index (χ1) is 10.5. The van der Waals surface area contributed by atoms with Crippen LogP contribution in [0.25, 0.3) is 0 Å². The molecule has 2 aromatic carbocycles. The molecular weight excluding hydrogens is 351 g/mol. The molecule has 0 heterocycles. The average molecular weight is 365 g/mol.